The molecule has 0 saturated heterocycles. The van der Waals surface area contributed by atoms with Crippen LogP contribution in [0.1, 0.15) is 18.1 Å². The fourth-order valence-corrected chi connectivity index (χ4v) is 1.25. The van der Waals surface area contributed by atoms with Crippen LogP contribution in [0.3, 0.4) is 0 Å². The number of methoxy groups -OCH3 is 1. The Balaban J connectivity index is 0.00000225. The SMILES string of the molecule is CCOC(=N)c1cc(CO)ccc1OC.Cl. The number of benzene rings is 1. The molecule has 0 saturated carbocycles. The molecule has 0 amide bonds. The molecule has 16 heavy (non-hydrogen) atoms. The van der Waals surface area contributed by atoms with Crippen LogP contribution in [0.5, 0.6) is 5.75 Å². The van der Waals surface area contributed by atoms with Gasteiger partial charge in [-0.1, -0.05) is 6.07 Å². The number of aliphatic hydroxyl groups excluding tert-OH is 1. The molecule has 0 aliphatic rings. The summed E-state index contributed by atoms with van der Waals surface area (Å²) in [6.07, 6.45) is 0. The largest absolute Gasteiger partial charge is 0.496 e. The van der Waals surface area contributed by atoms with Crippen LogP contribution in [0.15, 0.2) is 18.2 Å². The standard InChI is InChI=1S/C11H15NO3.ClH/c1-3-15-11(12)9-6-8(7-13)4-5-10(9)14-2;/h4-6,12-13H,3,7H2,1-2H3;1H. The van der Waals surface area contributed by atoms with Gasteiger partial charge in [-0.3, -0.25) is 5.41 Å². The van der Waals surface area contributed by atoms with E-state index in [4.69, 9.17) is 20.0 Å². The van der Waals surface area contributed by atoms with Crippen molar-refractivity contribution in [2.24, 2.45) is 0 Å². The molecule has 5 heteroatoms. The molecule has 4 nitrogen and oxygen atoms in total. The zero-order valence-corrected chi connectivity index (χ0v) is 10.1. The van der Waals surface area contributed by atoms with Crippen molar-refractivity contribution in [3.63, 3.8) is 0 Å². The molecular formula is C11H16ClNO3. The number of ether oxygens (including phenoxy) is 2. The molecule has 1 aromatic rings. The van der Waals surface area contributed by atoms with Gasteiger partial charge in [0.2, 0.25) is 5.90 Å². The Bertz CT molecular complexity index is 355. The van der Waals surface area contributed by atoms with Gasteiger partial charge in [-0.05, 0) is 24.6 Å². The second-order valence-electron chi connectivity index (χ2n) is 2.95. The van der Waals surface area contributed by atoms with Crippen LogP contribution in [0.25, 0.3) is 0 Å². The minimum absolute atomic E-state index is 0. The predicted octanol–water partition coefficient (Wildman–Crippen LogP) is 1.97. The van der Waals surface area contributed by atoms with E-state index < -0.39 is 0 Å². The number of rotatable bonds is 4. The van der Waals surface area contributed by atoms with E-state index in [1.165, 1.54) is 7.11 Å². The molecule has 0 radical (unpaired) electrons. The maximum atomic E-state index is 8.99. The van der Waals surface area contributed by atoms with Crippen molar-refractivity contribution >= 4 is 18.3 Å². The van der Waals surface area contributed by atoms with Gasteiger partial charge in [0.1, 0.15) is 5.75 Å². The minimum atomic E-state index is -0.0591. The Morgan fingerprint density at radius 1 is 1.44 bits per heavy atom. The van der Waals surface area contributed by atoms with Gasteiger partial charge in [-0.15, -0.1) is 12.4 Å². The third-order valence-corrected chi connectivity index (χ3v) is 1.98. The third kappa shape index (κ3) is 3.40. The summed E-state index contributed by atoms with van der Waals surface area (Å²) in [7, 11) is 1.54. The van der Waals surface area contributed by atoms with Gasteiger partial charge in [0.25, 0.3) is 0 Å². The van der Waals surface area contributed by atoms with E-state index in [0.717, 1.165) is 5.56 Å². The lowest BCUT2D eigenvalue weighted by molar-refractivity contribution is 0.281. The van der Waals surface area contributed by atoms with E-state index in [9.17, 15) is 0 Å². The first-order valence-electron chi connectivity index (χ1n) is 4.72. The fourth-order valence-electron chi connectivity index (χ4n) is 1.25. The summed E-state index contributed by atoms with van der Waals surface area (Å²) in [5.74, 6) is 0.635. The van der Waals surface area contributed by atoms with E-state index in [-0.39, 0.29) is 24.9 Å². The van der Waals surface area contributed by atoms with Crippen LogP contribution in [0.4, 0.5) is 0 Å². The quantitative estimate of drug-likeness (QED) is 0.630. The van der Waals surface area contributed by atoms with Gasteiger partial charge in [0.15, 0.2) is 0 Å². The van der Waals surface area contributed by atoms with Crippen LogP contribution in [-0.2, 0) is 11.3 Å². The number of hydrogen-bond donors (Lipinski definition) is 2. The molecule has 0 aromatic heterocycles. The van der Waals surface area contributed by atoms with Gasteiger partial charge in [0.05, 0.1) is 25.9 Å². The molecule has 0 atom stereocenters. The summed E-state index contributed by atoms with van der Waals surface area (Å²) in [4.78, 5) is 0. The minimum Gasteiger partial charge on any atom is -0.496 e. The van der Waals surface area contributed by atoms with Gasteiger partial charge in [-0.25, -0.2) is 0 Å². The molecule has 0 aliphatic heterocycles. The summed E-state index contributed by atoms with van der Waals surface area (Å²) in [6.45, 7) is 2.19. The Hall–Kier alpha value is -1.26. The first-order chi connectivity index (χ1) is 7.22. The Morgan fingerprint density at radius 2 is 2.12 bits per heavy atom. The van der Waals surface area contributed by atoms with Crippen molar-refractivity contribution in [3.05, 3.63) is 29.3 Å². The maximum Gasteiger partial charge on any atom is 0.217 e. The monoisotopic (exact) mass is 245 g/mol. The first kappa shape index (κ1) is 14.7. The molecule has 0 spiro atoms. The van der Waals surface area contributed by atoms with Crippen molar-refractivity contribution in [1.82, 2.24) is 0 Å². The second-order valence-corrected chi connectivity index (χ2v) is 2.95. The summed E-state index contributed by atoms with van der Waals surface area (Å²) < 4.78 is 10.2. The highest BCUT2D eigenvalue weighted by Crippen LogP contribution is 2.20. The maximum absolute atomic E-state index is 8.99. The first-order valence-corrected chi connectivity index (χ1v) is 4.72. The molecule has 2 N–H and O–H groups in total. The van der Waals surface area contributed by atoms with Crippen LogP contribution in [0.2, 0.25) is 0 Å². The lowest BCUT2D eigenvalue weighted by Gasteiger charge is -2.10. The lowest BCUT2D eigenvalue weighted by Crippen LogP contribution is -2.07. The highest BCUT2D eigenvalue weighted by molar-refractivity contribution is 5.94. The molecular weight excluding hydrogens is 230 g/mol. The highest BCUT2D eigenvalue weighted by Gasteiger charge is 2.10. The predicted molar refractivity (Wildman–Crippen MR) is 64.6 cm³/mol. The molecule has 0 unspecified atom stereocenters. The molecule has 0 bridgehead atoms. The summed E-state index contributed by atoms with van der Waals surface area (Å²) in [6, 6.07) is 5.16. The second kappa shape index (κ2) is 7.09. The van der Waals surface area contributed by atoms with Crippen molar-refractivity contribution in [1.29, 1.82) is 5.41 Å². The average Bonchev–Trinajstić information content (AvgIpc) is 2.28. The molecule has 1 rings (SSSR count). The third-order valence-electron chi connectivity index (χ3n) is 1.98. The van der Waals surface area contributed by atoms with Gasteiger partial charge in [0, 0.05) is 0 Å². The summed E-state index contributed by atoms with van der Waals surface area (Å²) >= 11 is 0. The van der Waals surface area contributed by atoms with Gasteiger partial charge >= 0.3 is 0 Å². The molecule has 0 heterocycles. The van der Waals surface area contributed by atoms with E-state index in [2.05, 4.69) is 0 Å². The Kier molecular flexibility index (Phi) is 6.53. The number of hydrogen-bond acceptors (Lipinski definition) is 4. The zero-order chi connectivity index (χ0) is 11.3. The fraction of sp³-hybridized carbons (Fsp3) is 0.364. The smallest absolute Gasteiger partial charge is 0.217 e. The normalized spacial score (nSPS) is 9.19. The average molecular weight is 246 g/mol. The highest BCUT2D eigenvalue weighted by atomic mass is 35.5. The number of halogens is 1. The molecule has 0 fully saturated rings. The lowest BCUT2D eigenvalue weighted by atomic mass is 10.1. The molecule has 0 aliphatic carbocycles. The summed E-state index contributed by atoms with van der Waals surface area (Å²) in [5, 5.41) is 16.6. The van der Waals surface area contributed by atoms with Crippen molar-refractivity contribution in [3.8, 4) is 5.75 Å². The van der Waals surface area contributed by atoms with Crippen LogP contribution in [-0.4, -0.2) is 24.7 Å². The molecule has 90 valence electrons. The van der Waals surface area contributed by atoms with Crippen LogP contribution < -0.4 is 4.74 Å². The van der Waals surface area contributed by atoms with E-state index >= 15 is 0 Å². The van der Waals surface area contributed by atoms with Crippen molar-refractivity contribution in [2.75, 3.05) is 13.7 Å². The van der Waals surface area contributed by atoms with Crippen LogP contribution in [0, 0.1) is 5.41 Å². The Morgan fingerprint density at radius 3 is 2.62 bits per heavy atom. The molecule has 1 aromatic carbocycles. The van der Waals surface area contributed by atoms with E-state index in [1.54, 1.807) is 18.2 Å². The van der Waals surface area contributed by atoms with Crippen molar-refractivity contribution < 1.29 is 14.6 Å². The number of nitrogens with one attached hydrogen (secondary N) is 1. The van der Waals surface area contributed by atoms with Crippen LogP contribution >= 0.6 is 12.4 Å². The van der Waals surface area contributed by atoms with E-state index in [0.29, 0.717) is 17.9 Å². The Labute approximate surface area is 101 Å². The van der Waals surface area contributed by atoms with Crippen molar-refractivity contribution in [2.45, 2.75) is 13.5 Å². The van der Waals surface area contributed by atoms with Gasteiger partial charge < -0.3 is 14.6 Å². The topological polar surface area (TPSA) is 62.5 Å². The zero-order valence-electron chi connectivity index (χ0n) is 9.32. The van der Waals surface area contributed by atoms with Gasteiger partial charge in [-0.2, -0.15) is 0 Å². The van der Waals surface area contributed by atoms with E-state index in [1.807, 2.05) is 6.92 Å². The summed E-state index contributed by atoms with van der Waals surface area (Å²) in [5.41, 5.74) is 1.29. The number of aliphatic hydroxyl groups is 1.